The molecule has 4 rings (SSSR count). The van der Waals surface area contributed by atoms with Crippen LogP contribution in [0.25, 0.3) is 10.6 Å². The second-order valence-corrected chi connectivity index (χ2v) is 7.58. The van der Waals surface area contributed by atoms with Crippen molar-refractivity contribution < 1.29 is 4.74 Å². The molecule has 5 heteroatoms. The number of anilines is 3. The Bertz CT molecular complexity index is 1010. The van der Waals surface area contributed by atoms with Crippen LogP contribution in [0.15, 0.2) is 72.8 Å². The monoisotopic (exact) mass is 387 g/mol. The molecule has 28 heavy (non-hydrogen) atoms. The standard InChI is InChI=1S/C23H21N3OS/c1-16-4-10-19(11-5-16)26(20-12-6-17(2)7-13-20)23-25-24-22(28-23)18-8-14-21(27-3)15-9-18/h4-15H,1-3H3. The number of ether oxygens (including phenoxy) is 1. The smallest absolute Gasteiger partial charge is 0.217 e. The van der Waals surface area contributed by atoms with Gasteiger partial charge in [-0.1, -0.05) is 46.7 Å². The zero-order chi connectivity index (χ0) is 19.5. The van der Waals surface area contributed by atoms with Crippen molar-refractivity contribution in [3.63, 3.8) is 0 Å². The first-order chi connectivity index (χ1) is 13.6. The van der Waals surface area contributed by atoms with Gasteiger partial charge in [-0.3, -0.25) is 4.90 Å². The van der Waals surface area contributed by atoms with Crippen molar-refractivity contribution in [1.82, 2.24) is 10.2 Å². The van der Waals surface area contributed by atoms with Crippen molar-refractivity contribution >= 4 is 27.8 Å². The minimum absolute atomic E-state index is 0.828. The first kappa shape index (κ1) is 18.2. The Kier molecular flexibility index (Phi) is 5.08. The molecule has 0 fully saturated rings. The second-order valence-electron chi connectivity index (χ2n) is 6.62. The Morgan fingerprint density at radius 2 is 1.25 bits per heavy atom. The summed E-state index contributed by atoms with van der Waals surface area (Å²) < 4.78 is 5.24. The Balaban J connectivity index is 1.75. The summed E-state index contributed by atoms with van der Waals surface area (Å²) in [6.45, 7) is 4.18. The maximum atomic E-state index is 5.24. The van der Waals surface area contributed by atoms with Gasteiger partial charge in [0.1, 0.15) is 10.8 Å². The number of benzene rings is 3. The van der Waals surface area contributed by atoms with Crippen LogP contribution < -0.4 is 9.64 Å². The van der Waals surface area contributed by atoms with Gasteiger partial charge in [0, 0.05) is 16.9 Å². The van der Waals surface area contributed by atoms with Crippen LogP contribution in [0, 0.1) is 13.8 Å². The van der Waals surface area contributed by atoms with Gasteiger partial charge in [-0.05, 0) is 62.4 Å². The van der Waals surface area contributed by atoms with Crippen molar-refractivity contribution in [2.45, 2.75) is 13.8 Å². The van der Waals surface area contributed by atoms with Gasteiger partial charge in [-0.2, -0.15) is 0 Å². The van der Waals surface area contributed by atoms with E-state index < -0.39 is 0 Å². The van der Waals surface area contributed by atoms with E-state index >= 15 is 0 Å². The first-order valence-corrected chi connectivity index (χ1v) is 9.87. The molecule has 3 aromatic carbocycles. The van der Waals surface area contributed by atoms with E-state index in [4.69, 9.17) is 4.74 Å². The number of nitrogens with zero attached hydrogens (tertiary/aromatic N) is 3. The van der Waals surface area contributed by atoms with Crippen LogP contribution >= 0.6 is 11.3 Å². The maximum absolute atomic E-state index is 5.24. The number of methoxy groups -OCH3 is 1. The lowest BCUT2D eigenvalue weighted by Gasteiger charge is -2.22. The lowest BCUT2D eigenvalue weighted by Crippen LogP contribution is -2.09. The van der Waals surface area contributed by atoms with Crippen molar-refractivity contribution in [2.75, 3.05) is 12.0 Å². The number of aromatic nitrogens is 2. The number of rotatable bonds is 5. The van der Waals surface area contributed by atoms with E-state index in [-0.39, 0.29) is 0 Å². The molecule has 0 saturated heterocycles. The topological polar surface area (TPSA) is 38.3 Å². The van der Waals surface area contributed by atoms with E-state index in [1.54, 1.807) is 18.4 Å². The summed E-state index contributed by atoms with van der Waals surface area (Å²) in [6, 6.07) is 24.8. The van der Waals surface area contributed by atoms with Crippen LogP contribution in [-0.2, 0) is 0 Å². The highest BCUT2D eigenvalue weighted by molar-refractivity contribution is 7.18. The summed E-state index contributed by atoms with van der Waals surface area (Å²) in [5, 5.41) is 10.6. The molecule has 0 unspecified atom stereocenters. The van der Waals surface area contributed by atoms with E-state index in [2.05, 4.69) is 77.5 Å². The van der Waals surface area contributed by atoms with Crippen LogP contribution in [0.5, 0.6) is 5.75 Å². The summed E-state index contributed by atoms with van der Waals surface area (Å²) in [4.78, 5) is 2.14. The molecule has 0 atom stereocenters. The summed E-state index contributed by atoms with van der Waals surface area (Å²) in [5.74, 6) is 0.828. The van der Waals surface area contributed by atoms with Gasteiger partial charge in [-0.15, -0.1) is 10.2 Å². The molecular weight excluding hydrogens is 366 g/mol. The minimum Gasteiger partial charge on any atom is -0.497 e. The predicted molar refractivity (Wildman–Crippen MR) is 116 cm³/mol. The normalized spacial score (nSPS) is 10.7. The highest BCUT2D eigenvalue weighted by Gasteiger charge is 2.18. The Labute approximate surface area is 169 Å². The van der Waals surface area contributed by atoms with Crippen molar-refractivity contribution in [3.8, 4) is 16.3 Å². The largest absolute Gasteiger partial charge is 0.497 e. The van der Waals surface area contributed by atoms with Gasteiger partial charge in [-0.25, -0.2) is 0 Å². The number of hydrogen-bond acceptors (Lipinski definition) is 5. The van der Waals surface area contributed by atoms with Crippen LogP contribution in [0.1, 0.15) is 11.1 Å². The quantitative estimate of drug-likeness (QED) is 0.403. The van der Waals surface area contributed by atoms with E-state index in [1.165, 1.54) is 11.1 Å². The number of aryl methyl sites for hydroxylation is 2. The molecule has 140 valence electrons. The van der Waals surface area contributed by atoms with Gasteiger partial charge in [0.05, 0.1) is 7.11 Å². The maximum Gasteiger partial charge on any atom is 0.217 e. The van der Waals surface area contributed by atoms with Gasteiger partial charge in [0.15, 0.2) is 0 Å². The minimum atomic E-state index is 0.828. The molecule has 0 aliphatic carbocycles. The van der Waals surface area contributed by atoms with E-state index in [1.807, 2.05) is 24.3 Å². The SMILES string of the molecule is COc1ccc(-c2nnc(N(c3ccc(C)cc3)c3ccc(C)cc3)s2)cc1. The zero-order valence-corrected chi connectivity index (χ0v) is 16.9. The van der Waals surface area contributed by atoms with Gasteiger partial charge >= 0.3 is 0 Å². The average Bonchev–Trinajstić information content (AvgIpc) is 3.21. The zero-order valence-electron chi connectivity index (χ0n) is 16.1. The third-order valence-corrected chi connectivity index (χ3v) is 5.48. The van der Waals surface area contributed by atoms with E-state index in [0.717, 1.165) is 32.8 Å². The van der Waals surface area contributed by atoms with Crippen molar-refractivity contribution in [2.24, 2.45) is 0 Å². The molecule has 0 N–H and O–H groups in total. The van der Waals surface area contributed by atoms with Gasteiger partial charge in [0.2, 0.25) is 5.13 Å². The Morgan fingerprint density at radius 3 is 1.75 bits per heavy atom. The highest BCUT2D eigenvalue weighted by Crippen LogP contribution is 2.38. The molecule has 0 bridgehead atoms. The highest BCUT2D eigenvalue weighted by atomic mass is 32.1. The van der Waals surface area contributed by atoms with Crippen LogP contribution in [0.2, 0.25) is 0 Å². The van der Waals surface area contributed by atoms with Gasteiger partial charge < -0.3 is 4.74 Å². The molecule has 0 aliphatic heterocycles. The summed E-state index contributed by atoms with van der Waals surface area (Å²) in [7, 11) is 1.67. The molecule has 0 saturated carbocycles. The van der Waals surface area contributed by atoms with Crippen LogP contribution in [0.4, 0.5) is 16.5 Å². The predicted octanol–water partition coefficient (Wildman–Crippen LogP) is 6.30. The van der Waals surface area contributed by atoms with Crippen LogP contribution in [-0.4, -0.2) is 17.3 Å². The van der Waals surface area contributed by atoms with E-state index in [9.17, 15) is 0 Å². The summed E-state index contributed by atoms with van der Waals surface area (Å²) in [6.07, 6.45) is 0. The first-order valence-electron chi connectivity index (χ1n) is 9.05. The lowest BCUT2D eigenvalue weighted by molar-refractivity contribution is 0.415. The fourth-order valence-corrected chi connectivity index (χ4v) is 3.81. The van der Waals surface area contributed by atoms with Gasteiger partial charge in [0.25, 0.3) is 0 Å². The molecular formula is C23H21N3OS. The van der Waals surface area contributed by atoms with Crippen molar-refractivity contribution in [1.29, 1.82) is 0 Å². The second kappa shape index (κ2) is 7.82. The molecule has 4 nitrogen and oxygen atoms in total. The summed E-state index contributed by atoms with van der Waals surface area (Å²) in [5.41, 5.74) is 5.60. The Hall–Kier alpha value is -3.18. The van der Waals surface area contributed by atoms with Crippen molar-refractivity contribution in [3.05, 3.63) is 83.9 Å². The fraction of sp³-hybridized carbons (Fsp3) is 0.130. The molecule has 0 radical (unpaired) electrons. The molecule has 0 aliphatic rings. The molecule has 1 heterocycles. The van der Waals surface area contributed by atoms with E-state index in [0.29, 0.717) is 0 Å². The lowest BCUT2D eigenvalue weighted by atomic mass is 10.2. The fourth-order valence-electron chi connectivity index (χ4n) is 2.91. The molecule has 1 aromatic heterocycles. The number of hydrogen-bond donors (Lipinski definition) is 0. The average molecular weight is 388 g/mol. The third-order valence-electron chi connectivity index (χ3n) is 4.53. The molecule has 0 amide bonds. The molecule has 4 aromatic rings. The molecule has 0 spiro atoms. The Morgan fingerprint density at radius 1 is 0.714 bits per heavy atom. The van der Waals surface area contributed by atoms with Crippen LogP contribution in [0.3, 0.4) is 0 Å². The summed E-state index contributed by atoms with van der Waals surface area (Å²) >= 11 is 1.57. The third kappa shape index (κ3) is 3.75.